The Kier molecular flexibility index (Phi) is 31.5. The molecule has 0 aliphatic heterocycles. The van der Waals surface area contributed by atoms with Crippen LogP contribution in [0.5, 0.6) is 0 Å². The van der Waals surface area contributed by atoms with Crippen molar-refractivity contribution in [2.45, 2.75) is 181 Å². The van der Waals surface area contributed by atoms with E-state index in [1.165, 1.54) is 167 Å². The lowest BCUT2D eigenvalue weighted by atomic mass is 10.0. The number of benzene rings is 1. The molecule has 0 saturated carbocycles. The highest BCUT2D eigenvalue weighted by atomic mass is 16.2. The molecule has 0 radical (unpaired) electrons. The van der Waals surface area contributed by atoms with Crippen molar-refractivity contribution in [2.75, 3.05) is 53.4 Å². The largest absolute Gasteiger partial charge is 0.351 e. The maximum Gasteiger partial charge on any atom is 0.252 e. The first-order chi connectivity index (χ1) is 24.5. The fourth-order valence-corrected chi connectivity index (χ4v) is 6.81. The molecule has 0 fully saturated rings. The van der Waals surface area contributed by atoms with Gasteiger partial charge in [-0.3, -0.25) is 9.59 Å². The van der Waals surface area contributed by atoms with E-state index in [0.717, 1.165) is 26.2 Å². The van der Waals surface area contributed by atoms with Gasteiger partial charge in [0.25, 0.3) is 11.8 Å². The van der Waals surface area contributed by atoms with Crippen molar-refractivity contribution in [3.05, 3.63) is 35.4 Å². The van der Waals surface area contributed by atoms with E-state index >= 15 is 0 Å². The zero-order valence-electron chi connectivity index (χ0n) is 33.6. The molecular weight excluding hydrogens is 617 g/mol. The molecule has 0 spiro atoms. The van der Waals surface area contributed by atoms with Crippen LogP contribution in [0.25, 0.3) is 0 Å². The van der Waals surface area contributed by atoms with Crippen molar-refractivity contribution in [3.63, 3.8) is 0 Å². The average molecular weight is 699 g/mol. The lowest BCUT2D eigenvalue weighted by molar-refractivity contribution is 0.0915. The molecule has 2 amide bonds. The van der Waals surface area contributed by atoms with Gasteiger partial charge in [0.1, 0.15) is 0 Å². The Hall–Kier alpha value is -1.92. The third-order valence-electron chi connectivity index (χ3n) is 10.3. The topological polar surface area (TPSA) is 64.7 Å². The number of nitrogens with one attached hydrogen (secondary N) is 2. The van der Waals surface area contributed by atoms with E-state index in [-0.39, 0.29) is 11.8 Å². The molecule has 0 aromatic heterocycles. The zero-order chi connectivity index (χ0) is 36.3. The van der Waals surface area contributed by atoms with Crippen molar-refractivity contribution in [3.8, 4) is 0 Å². The lowest BCUT2D eigenvalue weighted by Crippen LogP contribution is -2.36. The van der Waals surface area contributed by atoms with Crippen LogP contribution < -0.4 is 10.6 Å². The number of carbonyl (C=O) groups excluding carboxylic acids is 2. The van der Waals surface area contributed by atoms with Gasteiger partial charge in [0.2, 0.25) is 0 Å². The first-order valence-corrected chi connectivity index (χ1v) is 21.5. The third kappa shape index (κ3) is 26.8. The fraction of sp³-hybridized carbons (Fsp3) is 0.818. The Morgan fingerprint density at radius 2 is 0.680 bits per heavy atom. The fourth-order valence-electron chi connectivity index (χ4n) is 6.81. The molecule has 1 aromatic carbocycles. The van der Waals surface area contributed by atoms with Crippen molar-refractivity contribution in [1.82, 2.24) is 20.4 Å². The van der Waals surface area contributed by atoms with Crippen molar-refractivity contribution < 1.29 is 9.59 Å². The molecular formula is C44H82N4O2. The van der Waals surface area contributed by atoms with Crippen molar-refractivity contribution in [2.24, 2.45) is 0 Å². The summed E-state index contributed by atoms with van der Waals surface area (Å²) in [7, 11) is 4.26. The minimum Gasteiger partial charge on any atom is -0.351 e. The van der Waals surface area contributed by atoms with Gasteiger partial charge in [-0.05, 0) is 52.2 Å². The van der Waals surface area contributed by atoms with Crippen LogP contribution in [0.15, 0.2) is 24.3 Å². The van der Waals surface area contributed by atoms with E-state index in [9.17, 15) is 9.59 Å². The molecule has 50 heavy (non-hydrogen) atoms. The summed E-state index contributed by atoms with van der Waals surface area (Å²) in [5.74, 6) is -0.353. The van der Waals surface area contributed by atoms with Gasteiger partial charge in [-0.15, -0.1) is 0 Å². The van der Waals surface area contributed by atoms with E-state index in [2.05, 4.69) is 48.4 Å². The minimum absolute atomic E-state index is 0.176. The molecule has 1 aromatic rings. The Balaban J connectivity index is 2.10. The molecule has 0 aliphatic carbocycles. The third-order valence-corrected chi connectivity index (χ3v) is 10.3. The van der Waals surface area contributed by atoms with E-state index < -0.39 is 0 Å². The first-order valence-electron chi connectivity index (χ1n) is 21.5. The quantitative estimate of drug-likeness (QED) is 0.0685. The molecule has 6 nitrogen and oxygen atoms in total. The van der Waals surface area contributed by atoms with Crippen LogP contribution in [0.4, 0.5) is 0 Å². The summed E-state index contributed by atoms with van der Waals surface area (Å²) in [5, 5.41) is 6.08. The number of amides is 2. The second kappa shape index (κ2) is 34.2. The molecule has 0 aliphatic rings. The number of nitrogens with zero attached hydrogens (tertiary/aromatic N) is 2. The van der Waals surface area contributed by atoms with Crippen LogP contribution in [-0.4, -0.2) is 75.0 Å². The van der Waals surface area contributed by atoms with Crippen LogP contribution in [0.1, 0.15) is 202 Å². The van der Waals surface area contributed by atoms with Crippen LogP contribution in [0.3, 0.4) is 0 Å². The number of rotatable bonds is 36. The number of carbonyl (C=O) groups is 2. The number of hydrogen-bond donors (Lipinski definition) is 2. The first kappa shape index (κ1) is 46.1. The van der Waals surface area contributed by atoms with Gasteiger partial charge in [0.15, 0.2) is 0 Å². The average Bonchev–Trinajstić information content (AvgIpc) is 3.12. The standard InChI is InChI=1S/C44H82N4O2/c1-5-7-9-11-13-15-17-19-21-23-25-27-31-37-47(3)39-35-45-43(49)41-33-29-30-34-42(41)44(50)46-36-40-48(4)38-32-28-26-24-22-20-18-16-14-12-10-8-6-2/h29-30,33-34H,5-28,31-32,35-40H2,1-4H3,(H,45,49)(H,46,50). The molecule has 6 heteroatoms. The summed E-state index contributed by atoms with van der Waals surface area (Å²) in [5.41, 5.74) is 0.897. The Morgan fingerprint density at radius 1 is 0.420 bits per heavy atom. The van der Waals surface area contributed by atoms with Crippen LogP contribution >= 0.6 is 0 Å². The summed E-state index contributed by atoms with van der Waals surface area (Å²) >= 11 is 0. The number of hydrogen-bond acceptors (Lipinski definition) is 4. The molecule has 1 rings (SSSR count). The number of likely N-dealkylation sites (N-methyl/N-ethyl adjacent to an activating group) is 2. The molecule has 0 saturated heterocycles. The Bertz CT molecular complexity index is 850. The van der Waals surface area contributed by atoms with Gasteiger partial charge in [-0.2, -0.15) is 0 Å². The smallest absolute Gasteiger partial charge is 0.252 e. The maximum absolute atomic E-state index is 13.0. The minimum atomic E-state index is -0.176. The molecule has 290 valence electrons. The summed E-state index contributed by atoms with van der Waals surface area (Å²) < 4.78 is 0. The van der Waals surface area contributed by atoms with Crippen LogP contribution in [0.2, 0.25) is 0 Å². The van der Waals surface area contributed by atoms with Gasteiger partial charge in [0, 0.05) is 26.2 Å². The molecule has 0 bridgehead atoms. The van der Waals surface area contributed by atoms with E-state index in [4.69, 9.17) is 0 Å². The van der Waals surface area contributed by atoms with Gasteiger partial charge in [-0.1, -0.05) is 180 Å². The van der Waals surface area contributed by atoms with Crippen molar-refractivity contribution in [1.29, 1.82) is 0 Å². The van der Waals surface area contributed by atoms with E-state index in [1.54, 1.807) is 12.1 Å². The van der Waals surface area contributed by atoms with Gasteiger partial charge < -0.3 is 20.4 Å². The predicted molar refractivity (Wildman–Crippen MR) is 217 cm³/mol. The molecule has 0 unspecified atom stereocenters. The van der Waals surface area contributed by atoms with Crippen LogP contribution in [0, 0.1) is 0 Å². The van der Waals surface area contributed by atoms with E-state index in [1.807, 2.05) is 12.1 Å². The summed E-state index contributed by atoms with van der Waals surface area (Å²) in [6.07, 6.45) is 35.6. The summed E-state index contributed by atoms with van der Waals surface area (Å²) in [6.45, 7) is 9.45. The van der Waals surface area contributed by atoms with Gasteiger partial charge in [0.05, 0.1) is 11.1 Å². The van der Waals surface area contributed by atoms with Crippen molar-refractivity contribution >= 4 is 11.8 Å². The molecule has 0 atom stereocenters. The maximum atomic E-state index is 13.0. The number of unbranched alkanes of at least 4 members (excludes halogenated alkanes) is 24. The summed E-state index contributed by atoms with van der Waals surface area (Å²) in [4.78, 5) is 30.6. The van der Waals surface area contributed by atoms with Gasteiger partial charge in [-0.25, -0.2) is 0 Å². The van der Waals surface area contributed by atoms with Crippen LogP contribution in [-0.2, 0) is 0 Å². The second-order valence-electron chi connectivity index (χ2n) is 15.1. The Morgan fingerprint density at radius 3 is 0.960 bits per heavy atom. The lowest BCUT2D eigenvalue weighted by Gasteiger charge is -2.18. The zero-order valence-corrected chi connectivity index (χ0v) is 33.6. The predicted octanol–water partition coefficient (Wildman–Crippen LogP) is 11.2. The highest BCUT2D eigenvalue weighted by Gasteiger charge is 2.16. The Labute approximate surface area is 310 Å². The SMILES string of the molecule is CCCCCCCCCCCCCCCN(C)CCNC(=O)c1ccccc1C(=O)NCCN(C)CCCCCCCCCCCCCCC. The normalized spacial score (nSPS) is 11.5. The highest BCUT2D eigenvalue weighted by Crippen LogP contribution is 2.14. The molecule has 2 N–H and O–H groups in total. The second-order valence-corrected chi connectivity index (χ2v) is 15.1. The monoisotopic (exact) mass is 699 g/mol. The van der Waals surface area contributed by atoms with Gasteiger partial charge >= 0.3 is 0 Å². The highest BCUT2D eigenvalue weighted by molar-refractivity contribution is 6.07. The molecule has 0 heterocycles. The van der Waals surface area contributed by atoms with E-state index in [0.29, 0.717) is 24.2 Å². The summed E-state index contributed by atoms with van der Waals surface area (Å²) in [6, 6.07) is 7.16.